The number of benzene rings is 1. The van der Waals surface area contributed by atoms with Crippen molar-refractivity contribution in [3.05, 3.63) is 47.3 Å². The van der Waals surface area contributed by atoms with Crippen LogP contribution in [0.15, 0.2) is 30.6 Å². The third kappa shape index (κ3) is 5.36. The highest BCUT2D eigenvalue weighted by atomic mass is 19.4. The average molecular weight is 449 g/mol. The number of carbonyl (C=O) groups is 1. The van der Waals surface area contributed by atoms with Crippen molar-refractivity contribution in [3.63, 3.8) is 0 Å². The number of likely N-dealkylation sites (tertiary alicyclic amines) is 1. The van der Waals surface area contributed by atoms with Crippen molar-refractivity contribution in [2.75, 3.05) is 20.2 Å². The number of nitrogens with zero attached hydrogens (tertiary/aromatic N) is 3. The zero-order chi connectivity index (χ0) is 22.8. The molecule has 1 aliphatic rings. The molecule has 31 heavy (non-hydrogen) atoms. The first-order chi connectivity index (χ1) is 14.5. The molecule has 2 aromatic rings. The highest BCUT2D eigenvalue weighted by Crippen LogP contribution is 2.36. The molecule has 168 valence electrons. The van der Waals surface area contributed by atoms with E-state index >= 15 is 0 Å². The third-order valence-electron chi connectivity index (χ3n) is 4.60. The van der Waals surface area contributed by atoms with E-state index < -0.39 is 41.1 Å². The molecule has 0 saturated carbocycles. The van der Waals surface area contributed by atoms with Crippen molar-refractivity contribution in [3.8, 4) is 11.8 Å². The van der Waals surface area contributed by atoms with Crippen LogP contribution in [0.1, 0.15) is 34.3 Å². The van der Waals surface area contributed by atoms with Gasteiger partial charge in [-0.25, -0.2) is 9.97 Å². The summed E-state index contributed by atoms with van der Waals surface area (Å²) in [7, 11) is 1.36. The zero-order valence-electron chi connectivity index (χ0n) is 16.1. The molecule has 3 rings (SSSR count). The molecule has 1 aromatic carbocycles. The summed E-state index contributed by atoms with van der Waals surface area (Å²) in [5.74, 6) is -0.766. The molecular formula is C19H17F6N3O3. The minimum atomic E-state index is -5.04. The summed E-state index contributed by atoms with van der Waals surface area (Å²) in [5.41, 5.74) is -3.78. The Bertz CT molecular complexity index is 916. The zero-order valence-corrected chi connectivity index (χ0v) is 16.1. The molecule has 6 nitrogen and oxygen atoms in total. The first-order valence-electron chi connectivity index (χ1n) is 9.09. The van der Waals surface area contributed by atoms with Crippen LogP contribution in [0.25, 0.3) is 0 Å². The standard InChI is InChI=1S/C19H17F6N3O3/c1-30-15-16(27-5-4-26-15)31-14-3-2-6-28(10-14)17(29)11-7-12(18(20,21)22)9-13(8-11)19(23,24)25/h4-5,7-9,14H,2-3,6,10H2,1H3. The molecule has 1 unspecified atom stereocenters. The van der Waals surface area contributed by atoms with Crippen LogP contribution in [0.3, 0.4) is 0 Å². The van der Waals surface area contributed by atoms with E-state index in [0.29, 0.717) is 25.0 Å². The Morgan fingerprint density at radius 3 is 2.13 bits per heavy atom. The second kappa shape index (κ2) is 8.60. The summed E-state index contributed by atoms with van der Waals surface area (Å²) in [5, 5.41) is 0. The van der Waals surface area contributed by atoms with Gasteiger partial charge in [0.05, 0.1) is 24.8 Å². The largest absolute Gasteiger partial charge is 0.477 e. The smallest absolute Gasteiger partial charge is 0.416 e. The van der Waals surface area contributed by atoms with E-state index in [1.807, 2.05) is 0 Å². The summed E-state index contributed by atoms with van der Waals surface area (Å²) in [6, 6.07) is 0.834. The number of aromatic nitrogens is 2. The number of carbonyl (C=O) groups excluding carboxylic acids is 1. The number of ether oxygens (including phenoxy) is 2. The molecule has 1 aliphatic heterocycles. The van der Waals surface area contributed by atoms with Gasteiger partial charge in [-0.15, -0.1) is 0 Å². The van der Waals surface area contributed by atoms with Gasteiger partial charge in [0.1, 0.15) is 6.10 Å². The average Bonchev–Trinajstić information content (AvgIpc) is 2.72. The molecule has 0 N–H and O–H groups in total. The van der Waals surface area contributed by atoms with Crippen LogP contribution in [-0.2, 0) is 12.4 Å². The van der Waals surface area contributed by atoms with E-state index in [-0.39, 0.29) is 30.9 Å². The fourth-order valence-corrected chi connectivity index (χ4v) is 3.17. The van der Waals surface area contributed by atoms with Crippen LogP contribution >= 0.6 is 0 Å². The van der Waals surface area contributed by atoms with Gasteiger partial charge in [0.15, 0.2) is 0 Å². The molecule has 1 amide bonds. The lowest BCUT2D eigenvalue weighted by Crippen LogP contribution is -2.44. The van der Waals surface area contributed by atoms with Gasteiger partial charge >= 0.3 is 12.4 Å². The summed E-state index contributed by atoms with van der Waals surface area (Å²) < 4.78 is 89.2. The lowest BCUT2D eigenvalue weighted by atomic mass is 10.0. The summed E-state index contributed by atoms with van der Waals surface area (Å²) >= 11 is 0. The summed E-state index contributed by atoms with van der Waals surface area (Å²) in [6.07, 6.45) is -6.97. The van der Waals surface area contributed by atoms with Gasteiger partial charge in [-0.2, -0.15) is 26.3 Å². The number of hydrogen-bond acceptors (Lipinski definition) is 5. The molecule has 0 bridgehead atoms. The van der Waals surface area contributed by atoms with Crippen molar-refractivity contribution in [2.24, 2.45) is 0 Å². The molecule has 1 saturated heterocycles. The minimum absolute atomic E-state index is 0.0146. The molecular weight excluding hydrogens is 432 g/mol. The van der Waals surface area contributed by atoms with Crippen LogP contribution in [0.4, 0.5) is 26.3 Å². The minimum Gasteiger partial charge on any atom is -0.477 e. The second-order valence-corrected chi connectivity index (χ2v) is 6.80. The normalized spacial score (nSPS) is 17.4. The van der Waals surface area contributed by atoms with Gasteiger partial charge in [-0.1, -0.05) is 0 Å². The quantitative estimate of drug-likeness (QED) is 0.655. The van der Waals surface area contributed by atoms with E-state index in [2.05, 4.69) is 9.97 Å². The Labute approximate surface area is 172 Å². The third-order valence-corrected chi connectivity index (χ3v) is 4.60. The van der Waals surface area contributed by atoms with Crippen molar-refractivity contribution in [1.29, 1.82) is 0 Å². The maximum atomic E-state index is 13.1. The Balaban J connectivity index is 1.83. The number of rotatable bonds is 4. The van der Waals surface area contributed by atoms with Crippen LogP contribution in [0, 0.1) is 0 Å². The predicted molar refractivity (Wildman–Crippen MR) is 94.6 cm³/mol. The fourth-order valence-electron chi connectivity index (χ4n) is 3.17. The molecule has 0 radical (unpaired) electrons. The highest BCUT2D eigenvalue weighted by Gasteiger charge is 2.38. The molecule has 0 aliphatic carbocycles. The van der Waals surface area contributed by atoms with Gasteiger partial charge in [0.25, 0.3) is 17.7 Å². The van der Waals surface area contributed by atoms with Crippen molar-refractivity contribution in [2.45, 2.75) is 31.3 Å². The lowest BCUT2D eigenvalue weighted by molar-refractivity contribution is -0.143. The maximum absolute atomic E-state index is 13.1. The van der Waals surface area contributed by atoms with Crippen LogP contribution < -0.4 is 9.47 Å². The van der Waals surface area contributed by atoms with Crippen molar-refractivity contribution in [1.82, 2.24) is 14.9 Å². The molecule has 1 fully saturated rings. The van der Waals surface area contributed by atoms with Crippen molar-refractivity contribution >= 4 is 5.91 Å². The Morgan fingerprint density at radius 2 is 1.58 bits per heavy atom. The lowest BCUT2D eigenvalue weighted by Gasteiger charge is -2.33. The second-order valence-electron chi connectivity index (χ2n) is 6.80. The van der Waals surface area contributed by atoms with Gasteiger partial charge in [-0.3, -0.25) is 4.79 Å². The summed E-state index contributed by atoms with van der Waals surface area (Å²) in [6.45, 7) is 0.115. The maximum Gasteiger partial charge on any atom is 0.416 e. The van der Waals surface area contributed by atoms with Gasteiger partial charge in [0, 0.05) is 24.5 Å². The van der Waals surface area contributed by atoms with Crippen molar-refractivity contribution < 1.29 is 40.6 Å². The molecule has 0 spiro atoms. The van der Waals surface area contributed by atoms with Gasteiger partial charge in [0.2, 0.25) is 0 Å². The number of amides is 1. The van der Waals surface area contributed by atoms with E-state index in [4.69, 9.17) is 9.47 Å². The Hall–Kier alpha value is -3.05. The number of methoxy groups -OCH3 is 1. The van der Waals surface area contributed by atoms with Gasteiger partial charge in [-0.05, 0) is 31.0 Å². The fraction of sp³-hybridized carbons (Fsp3) is 0.421. The van der Waals surface area contributed by atoms with E-state index in [9.17, 15) is 31.1 Å². The van der Waals surface area contributed by atoms with Crippen LogP contribution in [0.5, 0.6) is 11.8 Å². The van der Waals surface area contributed by atoms with E-state index in [1.54, 1.807) is 0 Å². The van der Waals surface area contributed by atoms with Crippen LogP contribution in [-0.4, -0.2) is 47.1 Å². The predicted octanol–water partition coefficient (Wildman–Crippen LogP) is 4.21. The number of alkyl halides is 6. The molecule has 1 atom stereocenters. The highest BCUT2D eigenvalue weighted by molar-refractivity contribution is 5.94. The molecule has 2 heterocycles. The topological polar surface area (TPSA) is 64.6 Å². The Kier molecular flexibility index (Phi) is 6.27. The van der Waals surface area contributed by atoms with Gasteiger partial charge < -0.3 is 14.4 Å². The molecule has 1 aromatic heterocycles. The summed E-state index contributed by atoms with van der Waals surface area (Å²) in [4.78, 5) is 21.8. The number of hydrogen-bond donors (Lipinski definition) is 0. The molecule has 12 heteroatoms. The first-order valence-corrected chi connectivity index (χ1v) is 9.09. The van der Waals surface area contributed by atoms with E-state index in [0.717, 1.165) is 4.90 Å². The van der Waals surface area contributed by atoms with E-state index in [1.165, 1.54) is 19.5 Å². The first kappa shape index (κ1) is 22.6. The Morgan fingerprint density at radius 1 is 1.00 bits per heavy atom. The SMILES string of the molecule is COc1nccnc1OC1CCCN(C(=O)c2cc(C(F)(F)F)cc(C(F)(F)F)c2)C1. The van der Waals surface area contributed by atoms with Crippen LogP contribution in [0.2, 0.25) is 0 Å². The monoisotopic (exact) mass is 449 g/mol. The number of halogens is 6. The number of piperidine rings is 1.